The minimum Gasteiger partial charge on any atom is -0.352 e. The maximum atomic E-state index is 14.4. The first kappa shape index (κ1) is 47.2. The summed E-state index contributed by atoms with van der Waals surface area (Å²) in [5, 5.41) is 5.84. The van der Waals surface area contributed by atoms with E-state index >= 15 is 0 Å². The van der Waals surface area contributed by atoms with Crippen molar-refractivity contribution in [1.82, 2.24) is 30.2 Å². The van der Waals surface area contributed by atoms with E-state index < -0.39 is 24.0 Å². The Bertz CT molecular complexity index is 1550. The van der Waals surface area contributed by atoms with E-state index in [1.807, 2.05) is 67.5 Å². The molecule has 57 heavy (non-hydrogen) atoms. The fourth-order valence-corrected chi connectivity index (χ4v) is 8.46. The highest BCUT2D eigenvalue weighted by atomic mass is 16.2. The zero-order chi connectivity index (χ0) is 42.6. The molecular formula is C44H70N6O7. The summed E-state index contributed by atoms with van der Waals surface area (Å²) in [6.07, 6.45) is 4.89. The van der Waals surface area contributed by atoms with Gasteiger partial charge >= 0.3 is 0 Å². The van der Waals surface area contributed by atoms with Crippen molar-refractivity contribution < 1.29 is 33.6 Å². The first-order valence-electron chi connectivity index (χ1n) is 21.1. The van der Waals surface area contributed by atoms with E-state index in [1.165, 1.54) is 4.90 Å². The lowest BCUT2D eigenvalue weighted by Crippen LogP contribution is -2.58. The summed E-state index contributed by atoms with van der Waals surface area (Å²) >= 11 is 0. The smallest absolute Gasteiger partial charge is 0.251 e. The zero-order valence-electron chi connectivity index (χ0n) is 36.3. The number of carbonyl (C=O) groups is 7. The molecule has 0 bridgehead atoms. The third kappa shape index (κ3) is 12.7. The van der Waals surface area contributed by atoms with E-state index in [9.17, 15) is 33.6 Å². The van der Waals surface area contributed by atoms with Gasteiger partial charge < -0.3 is 25.3 Å². The second kappa shape index (κ2) is 22.1. The molecule has 2 N–H and O–H groups in total. The van der Waals surface area contributed by atoms with Gasteiger partial charge in [-0.2, -0.15) is 0 Å². The number of amides is 5. The Hall–Kier alpha value is -4.13. The predicted molar refractivity (Wildman–Crippen MR) is 221 cm³/mol. The fraction of sp³-hybridized carbons (Fsp3) is 0.705. The first-order valence-corrected chi connectivity index (χ1v) is 21.1. The number of nitrogens with one attached hydrogen (secondary N) is 2. The Morgan fingerprint density at radius 2 is 1.35 bits per heavy atom. The highest BCUT2D eigenvalue weighted by Crippen LogP contribution is 2.29. The van der Waals surface area contributed by atoms with Crippen LogP contribution in [0.25, 0.3) is 0 Å². The van der Waals surface area contributed by atoms with Gasteiger partial charge in [0.2, 0.25) is 23.6 Å². The molecular weight excluding hydrogens is 725 g/mol. The van der Waals surface area contributed by atoms with Crippen molar-refractivity contribution in [2.75, 3.05) is 40.8 Å². The molecule has 3 rings (SSSR count). The van der Waals surface area contributed by atoms with Crippen LogP contribution in [0.2, 0.25) is 0 Å². The Labute approximate surface area is 341 Å². The largest absolute Gasteiger partial charge is 0.352 e. The lowest BCUT2D eigenvalue weighted by Gasteiger charge is -2.38. The van der Waals surface area contributed by atoms with Crippen LogP contribution in [0.5, 0.6) is 0 Å². The third-order valence-electron chi connectivity index (χ3n) is 11.6. The Morgan fingerprint density at radius 1 is 0.754 bits per heavy atom. The highest BCUT2D eigenvalue weighted by Gasteiger charge is 2.45. The molecule has 5 amide bonds. The number of ketones is 2. The van der Waals surface area contributed by atoms with Crippen molar-refractivity contribution in [3.8, 4) is 0 Å². The zero-order valence-corrected chi connectivity index (χ0v) is 36.3. The van der Waals surface area contributed by atoms with Crippen molar-refractivity contribution in [3.05, 3.63) is 35.4 Å². The van der Waals surface area contributed by atoms with Crippen molar-refractivity contribution >= 4 is 41.1 Å². The van der Waals surface area contributed by atoms with Crippen molar-refractivity contribution in [1.29, 1.82) is 0 Å². The van der Waals surface area contributed by atoms with Gasteiger partial charge in [0.05, 0.1) is 6.04 Å². The Morgan fingerprint density at radius 3 is 1.91 bits per heavy atom. The SMILES string of the molecule is CCC(=O)CCCCNC(=O)c1ccc(CNC(=O)C2CCCN2C(=O)C2CCCN2C(=O)C(C(C)C)N(C)C(=O)C(CC(=O)C(C(C)C)N(C)C)C(C)C)cc1. The summed E-state index contributed by atoms with van der Waals surface area (Å²) in [4.78, 5) is 100. The van der Waals surface area contributed by atoms with Gasteiger partial charge in [-0.15, -0.1) is 0 Å². The van der Waals surface area contributed by atoms with Crippen molar-refractivity contribution in [3.63, 3.8) is 0 Å². The molecule has 0 spiro atoms. The normalized spacial score (nSPS) is 18.6. The number of unbranched alkanes of at least 4 members (excludes halogenated alkanes) is 1. The molecule has 13 heteroatoms. The van der Waals surface area contributed by atoms with Gasteiger partial charge in [0.1, 0.15) is 23.9 Å². The molecule has 5 atom stereocenters. The number of likely N-dealkylation sites (N-methyl/N-ethyl adjacent to an activating group) is 2. The van der Waals surface area contributed by atoms with E-state index in [-0.39, 0.29) is 77.9 Å². The summed E-state index contributed by atoms with van der Waals surface area (Å²) in [7, 11) is 5.37. The molecule has 2 aliphatic heterocycles. The minimum absolute atomic E-state index is 0.000134. The van der Waals surface area contributed by atoms with Crippen LogP contribution in [0.3, 0.4) is 0 Å². The van der Waals surface area contributed by atoms with Crippen LogP contribution in [0.4, 0.5) is 0 Å². The van der Waals surface area contributed by atoms with E-state index in [1.54, 1.807) is 41.1 Å². The topological polar surface area (TPSA) is 157 Å². The van der Waals surface area contributed by atoms with Gasteiger partial charge in [0.15, 0.2) is 5.78 Å². The van der Waals surface area contributed by atoms with Gasteiger partial charge in [0, 0.05) is 64.0 Å². The highest BCUT2D eigenvalue weighted by molar-refractivity contribution is 5.96. The first-order chi connectivity index (χ1) is 26.9. The van der Waals surface area contributed by atoms with Gasteiger partial charge in [-0.05, 0) is 88.1 Å². The van der Waals surface area contributed by atoms with Gasteiger partial charge in [-0.25, -0.2) is 0 Å². The van der Waals surface area contributed by atoms with E-state index in [4.69, 9.17) is 0 Å². The number of hydrogen-bond acceptors (Lipinski definition) is 8. The van der Waals surface area contributed by atoms with Crippen LogP contribution in [0.1, 0.15) is 122 Å². The van der Waals surface area contributed by atoms with Crippen molar-refractivity contribution in [2.24, 2.45) is 23.7 Å². The molecule has 318 valence electrons. The summed E-state index contributed by atoms with van der Waals surface area (Å²) in [6.45, 7) is 15.0. The lowest BCUT2D eigenvalue weighted by atomic mass is 9.84. The second-order valence-corrected chi connectivity index (χ2v) is 17.2. The standard InChI is InChI=1S/C44H70N6O7/c1-11-33(51)16-12-13-23-45-40(53)32-21-19-31(20-22-32)27-46-41(54)35-17-14-24-49(35)43(56)36-18-15-25-50(36)44(57)39(30(6)7)48(10)42(55)34(28(2)3)26-37(52)38(29(4)5)47(8)9/h19-22,28-30,34-36,38-39H,11-18,23-27H2,1-10H3,(H,45,53)(H,46,54). The molecule has 2 heterocycles. The third-order valence-corrected chi connectivity index (χ3v) is 11.6. The maximum absolute atomic E-state index is 14.4. The molecule has 1 aromatic carbocycles. The van der Waals surface area contributed by atoms with Gasteiger partial charge in [0.25, 0.3) is 5.91 Å². The Balaban J connectivity index is 1.63. The summed E-state index contributed by atoms with van der Waals surface area (Å²) in [6, 6.07) is 4.44. The summed E-state index contributed by atoms with van der Waals surface area (Å²) in [5.74, 6) is -1.94. The quantitative estimate of drug-likeness (QED) is 0.173. The minimum atomic E-state index is -0.824. The number of carbonyl (C=O) groups excluding carboxylic acids is 7. The van der Waals surface area contributed by atoms with Gasteiger partial charge in [-0.1, -0.05) is 60.6 Å². The number of benzene rings is 1. The summed E-state index contributed by atoms with van der Waals surface area (Å²) in [5.41, 5.74) is 1.31. The van der Waals surface area contributed by atoms with Gasteiger partial charge in [-0.3, -0.25) is 38.5 Å². The van der Waals surface area contributed by atoms with Crippen LogP contribution >= 0.6 is 0 Å². The molecule has 5 unspecified atom stereocenters. The molecule has 2 fully saturated rings. The number of likely N-dealkylation sites (tertiary alicyclic amines) is 2. The average molecular weight is 795 g/mol. The lowest BCUT2D eigenvalue weighted by molar-refractivity contribution is -0.154. The molecule has 13 nitrogen and oxygen atoms in total. The van der Waals surface area contributed by atoms with E-state index in [0.29, 0.717) is 63.7 Å². The maximum Gasteiger partial charge on any atom is 0.251 e. The van der Waals surface area contributed by atoms with Crippen LogP contribution in [0.15, 0.2) is 24.3 Å². The monoisotopic (exact) mass is 795 g/mol. The second-order valence-electron chi connectivity index (χ2n) is 17.2. The number of nitrogens with zero attached hydrogens (tertiary/aromatic N) is 4. The van der Waals surface area contributed by atoms with E-state index in [0.717, 1.165) is 18.4 Å². The molecule has 0 aromatic heterocycles. The average Bonchev–Trinajstić information content (AvgIpc) is 3.86. The number of rotatable bonds is 21. The Kier molecular flexibility index (Phi) is 18.3. The van der Waals surface area contributed by atoms with E-state index in [2.05, 4.69) is 10.6 Å². The molecule has 2 aliphatic rings. The number of Topliss-reactive ketones (excluding diaryl/α,β-unsaturated/α-hetero) is 2. The number of hydrogen-bond donors (Lipinski definition) is 2. The van der Waals surface area contributed by atoms with Crippen LogP contribution in [0, 0.1) is 23.7 Å². The van der Waals surface area contributed by atoms with Crippen LogP contribution in [-0.2, 0) is 35.3 Å². The summed E-state index contributed by atoms with van der Waals surface area (Å²) < 4.78 is 0. The fourth-order valence-electron chi connectivity index (χ4n) is 8.46. The molecule has 2 saturated heterocycles. The predicted octanol–water partition coefficient (Wildman–Crippen LogP) is 4.46. The molecule has 0 saturated carbocycles. The molecule has 0 aliphatic carbocycles. The molecule has 1 aromatic rings. The molecule has 0 radical (unpaired) electrons. The van der Waals surface area contributed by atoms with Crippen molar-refractivity contribution in [2.45, 2.75) is 137 Å². The van der Waals surface area contributed by atoms with Crippen LogP contribution in [-0.4, -0.2) is 126 Å². The van der Waals surface area contributed by atoms with Crippen LogP contribution < -0.4 is 10.6 Å².